The molecule has 1 unspecified atom stereocenters. The molecule has 0 radical (unpaired) electrons. The molecule has 4 heteroatoms. The van der Waals surface area contributed by atoms with Crippen LogP contribution in [0.1, 0.15) is 13.3 Å². The number of carboxylic acid groups (broad SMARTS) is 1. The van der Waals surface area contributed by atoms with Crippen LogP contribution in [-0.2, 0) is 9.59 Å². The fourth-order valence-corrected chi connectivity index (χ4v) is 0.446. The Bertz CT molecular complexity index is 113. The van der Waals surface area contributed by atoms with Crippen molar-refractivity contribution in [1.82, 2.24) is 5.32 Å². The van der Waals surface area contributed by atoms with Crippen molar-refractivity contribution in [2.75, 3.05) is 0 Å². The Morgan fingerprint density at radius 2 is 2.44 bits per heavy atom. The van der Waals surface area contributed by atoms with Crippen LogP contribution in [0.5, 0.6) is 0 Å². The number of aliphatic carboxylic acids is 1. The van der Waals surface area contributed by atoms with E-state index in [0.717, 1.165) is 0 Å². The number of carboxylic acids is 1. The molecule has 0 saturated heterocycles. The van der Waals surface area contributed by atoms with Crippen molar-refractivity contribution in [3.63, 3.8) is 0 Å². The topological polar surface area (TPSA) is 66.4 Å². The first-order chi connectivity index (χ1) is 4.22. The van der Waals surface area contributed by atoms with E-state index < -0.39 is 12.0 Å². The Morgan fingerprint density at radius 1 is 1.89 bits per heavy atom. The lowest BCUT2D eigenvalue weighted by Crippen LogP contribution is -2.34. The van der Waals surface area contributed by atoms with E-state index >= 15 is 0 Å². The van der Waals surface area contributed by atoms with Crippen molar-refractivity contribution >= 4 is 12.4 Å². The molecule has 9 heavy (non-hydrogen) atoms. The maximum absolute atomic E-state index is 10.1. The van der Waals surface area contributed by atoms with Crippen LogP contribution in [0.3, 0.4) is 0 Å². The van der Waals surface area contributed by atoms with Gasteiger partial charge in [-0.3, -0.25) is 4.79 Å². The summed E-state index contributed by atoms with van der Waals surface area (Å²) in [5.74, 6) is -0.996. The van der Waals surface area contributed by atoms with Crippen molar-refractivity contribution in [3.8, 4) is 0 Å². The van der Waals surface area contributed by atoms with Crippen molar-refractivity contribution < 1.29 is 14.7 Å². The van der Waals surface area contributed by atoms with Gasteiger partial charge in [0.1, 0.15) is 6.04 Å². The van der Waals surface area contributed by atoms with Gasteiger partial charge in [-0.05, 0) is 6.42 Å². The summed E-state index contributed by atoms with van der Waals surface area (Å²) in [4.78, 5) is 19.8. The van der Waals surface area contributed by atoms with Crippen molar-refractivity contribution in [1.29, 1.82) is 0 Å². The van der Waals surface area contributed by atoms with Gasteiger partial charge < -0.3 is 10.4 Å². The van der Waals surface area contributed by atoms with Crippen LogP contribution in [-0.4, -0.2) is 23.5 Å². The van der Waals surface area contributed by atoms with Gasteiger partial charge in [0.2, 0.25) is 6.41 Å². The molecule has 0 heterocycles. The summed E-state index contributed by atoms with van der Waals surface area (Å²) in [6.45, 7) is 1.69. The highest BCUT2D eigenvalue weighted by Crippen LogP contribution is 1.87. The number of carbonyl (C=O) groups excluding carboxylic acids is 1. The lowest BCUT2D eigenvalue weighted by atomic mass is 10.2. The molecule has 0 saturated carbocycles. The van der Waals surface area contributed by atoms with Crippen molar-refractivity contribution in [2.24, 2.45) is 0 Å². The van der Waals surface area contributed by atoms with Crippen LogP contribution in [0.2, 0.25) is 0 Å². The van der Waals surface area contributed by atoms with Gasteiger partial charge in [0.05, 0.1) is 0 Å². The van der Waals surface area contributed by atoms with E-state index in [-0.39, 0.29) is 0 Å². The van der Waals surface area contributed by atoms with E-state index in [9.17, 15) is 9.59 Å². The van der Waals surface area contributed by atoms with E-state index in [1.165, 1.54) is 0 Å². The molecule has 0 aliphatic heterocycles. The van der Waals surface area contributed by atoms with Gasteiger partial charge in [-0.2, -0.15) is 0 Å². The van der Waals surface area contributed by atoms with E-state index in [4.69, 9.17) is 5.11 Å². The summed E-state index contributed by atoms with van der Waals surface area (Å²) in [5.41, 5.74) is 0. The largest absolute Gasteiger partial charge is 0.480 e. The first-order valence-electron chi connectivity index (χ1n) is 2.64. The van der Waals surface area contributed by atoms with Crippen LogP contribution in [0.15, 0.2) is 0 Å². The van der Waals surface area contributed by atoms with Crippen LogP contribution in [0.4, 0.5) is 0 Å². The van der Waals surface area contributed by atoms with Crippen molar-refractivity contribution in [2.45, 2.75) is 19.4 Å². The summed E-state index contributed by atoms with van der Waals surface area (Å²) in [7, 11) is 0. The molecule has 52 valence electrons. The molecule has 0 bridgehead atoms. The second-order valence-electron chi connectivity index (χ2n) is 1.58. The molecule has 1 atom stereocenters. The zero-order chi connectivity index (χ0) is 7.28. The predicted molar refractivity (Wildman–Crippen MR) is 30.9 cm³/mol. The molecule has 0 fully saturated rings. The molecule has 4 nitrogen and oxygen atoms in total. The average Bonchev–Trinajstić information content (AvgIpc) is 1.82. The van der Waals surface area contributed by atoms with E-state index in [1.54, 1.807) is 6.92 Å². The fraction of sp³-hybridized carbons (Fsp3) is 0.600. The SMILES string of the molecule is CCC(NC=O)C(=O)O. The monoisotopic (exact) mass is 131 g/mol. The number of amides is 1. The molecule has 2 N–H and O–H groups in total. The molecular weight excluding hydrogens is 122 g/mol. The lowest BCUT2D eigenvalue weighted by Gasteiger charge is -2.05. The number of rotatable bonds is 4. The van der Waals surface area contributed by atoms with E-state index in [0.29, 0.717) is 12.8 Å². The quantitative estimate of drug-likeness (QED) is 0.510. The molecule has 0 rings (SSSR count). The van der Waals surface area contributed by atoms with Gasteiger partial charge in [-0.15, -0.1) is 0 Å². The van der Waals surface area contributed by atoms with Crippen LogP contribution >= 0.6 is 0 Å². The van der Waals surface area contributed by atoms with Gasteiger partial charge in [-0.25, -0.2) is 4.79 Å². The van der Waals surface area contributed by atoms with Crippen molar-refractivity contribution in [3.05, 3.63) is 0 Å². The average molecular weight is 131 g/mol. The maximum atomic E-state index is 10.1. The highest BCUT2D eigenvalue weighted by molar-refractivity contribution is 5.75. The minimum Gasteiger partial charge on any atom is -0.480 e. The molecule has 0 aliphatic rings. The summed E-state index contributed by atoms with van der Waals surface area (Å²) < 4.78 is 0. The first kappa shape index (κ1) is 7.94. The van der Waals surface area contributed by atoms with Crippen LogP contribution in [0.25, 0.3) is 0 Å². The number of nitrogens with one attached hydrogen (secondary N) is 1. The Labute approximate surface area is 52.9 Å². The summed E-state index contributed by atoms with van der Waals surface area (Å²) in [5, 5.41) is 10.4. The second-order valence-corrected chi connectivity index (χ2v) is 1.58. The van der Waals surface area contributed by atoms with Gasteiger partial charge in [0.15, 0.2) is 0 Å². The summed E-state index contributed by atoms with van der Waals surface area (Å²) in [6.07, 6.45) is 0.802. The highest BCUT2D eigenvalue weighted by Gasteiger charge is 2.11. The first-order valence-corrected chi connectivity index (χ1v) is 2.64. The van der Waals surface area contributed by atoms with Gasteiger partial charge in [0, 0.05) is 0 Å². The van der Waals surface area contributed by atoms with Gasteiger partial charge in [-0.1, -0.05) is 6.92 Å². The summed E-state index contributed by atoms with van der Waals surface area (Å²) in [6, 6.07) is -0.734. The third kappa shape index (κ3) is 2.69. The number of carbonyl (C=O) groups is 2. The molecule has 0 spiro atoms. The Kier molecular flexibility index (Phi) is 3.43. The Balaban J connectivity index is 3.67. The zero-order valence-corrected chi connectivity index (χ0v) is 5.13. The Hall–Kier alpha value is -1.06. The highest BCUT2D eigenvalue weighted by atomic mass is 16.4. The molecular formula is C5H9NO3. The standard InChI is InChI=1S/C5H9NO3/c1-2-4(5(8)9)6-3-7/h3-4H,2H2,1H3,(H,6,7)(H,8,9). The third-order valence-electron chi connectivity index (χ3n) is 0.976. The predicted octanol–water partition coefficient (Wildman–Crippen LogP) is -0.404. The normalized spacial score (nSPS) is 12.1. The zero-order valence-electron chi connectivity index (χ0n) is 5.13. The molecule has 0 aromatic heterocycles. The molecule has 0 aliphatic carbocycles. The smallest absolute Gasteiger partial charge is 0.326 e. The maximum Gasteiger partial charge on any atom is 0.326 e. The molecule has 0 aromatic carbocycles. The minimum atomic E-state index is -0.996. The fourth-order valence-electron chi connectivity index (χ4n) is 0.446. The van der Waals surface area contributed by atoms with Gasteiger partial charge >= 0.3 is 5.97 Å². The second kappa shape index (κ2) is 3.88. The van der Waals surface area contributed by atoms with E-state index in [2.05, 4.69) is 5.32 Å². The van der Waals surface area contributed by atoms with Crippen LogP contribution < -0.4 is 5.32 Å². The van der Waals surface area contributed by atoms with E-state index in [1.807, 2.05) is 0 Å². The minimum absolute atomic E-state index is 0.391. The summed E-state index contributed by atoms with van der Waals surface area (Å²) >= 11 is 0. The van der Waals surface area contributed by atoms with Crippen LogP contribution in [0, 0.1) is 0 Å². The molecule has 0 aromatic rings. The third-order valence-corrected chi connectivity index (χ3v) is 0.976. The lowest BCUT2D eigenvalue weighted by molar-refractivity contribution is -0.140. The number of hydrogen-bond acceptors (Lipinski definition) is 2. The number of hydrogen-bond donors (Lipinski definition) is 2. The van der Waals surface area contributed by atoms with Gasteiger partial charge in [0.25, 0.3) is 0 Å². The Morgan fingerprint density at radius 3 is 2.56 bits per heavy atom. The molecule has 1 amide bonds.